The van der Waals surface area contributed by atoms with Crippen molar-refractivity contribution in [3.63, 3.8) is 0 Å². The Balaban J connectivity index is 2.18. The van der Waals surface area contributed by atoms with Crippen molar-refractivity contribution in [2.75, 3.05) is 26.8 Å². The maximum absolute atomic E-state index is 11.6. The van der Waals surface area contributed by atoms with Crippen LogP contribution < -0.4 is 5.43 Å². The number of pyridine rings is 1. The van der Waals surface area contributed by atoms with Gasteiger partial charge in [-0.25, -0.2) is 0 Å². The van der Waals surface area contributed by atoms with Crippen LogP contribution in [0.3, 0.4) is 0 Å². The van der Waals surface area contributed by atoms with Crippen LogP contribution in [0.2, 0.25) is 0 Å². The van der Waals surface area contributed by atoms with E-state index in [4.69, 9.17) is 9.84 Å². The smallest absolute Gasteiger partial charge is 0.223 e. The lowest BCUT2D eigenvalue weighted by molar-refractivity contribution is 0.0952. The van der Waals surface area contributed by atoms with Gasteiger partial charge in [0.2, 0.25) is 5.43 Å². The second-order valence-corrected chi connectivity index (χ2v) is 5.26. The number of aromatic nitrogens is 1. The standard InChI is InChI=1S/C14H22N2O4/c1-15(4-5-17)8-11-7-13(18)14(19)10-16(11)9-12-3-2-6-20-12/h7,10,12,17,19H,2-6,8-9H2,1H3. The average Bonchev–Trinajstić information content (AvgIpc) is 2.88. The monoisotopic (exact) mass is 282 g/mol. The third kappa shape index (κ3) is 3.82. The zero-order valence-corrected chi connectivity index (χ0v) is 11.8. The molecule has 2 N–H and O–H groups in total. The van der Waals surface area contributed by atoms with Gasteiger partial charge in [0.05, 0.1) is 18.9 Å². The predicted octanol–water partition coefficient (Wildman–Crippen LogP) is 0.157. The van der Waals surface area contributed by atoms with Gasteiger partial charge in [-0.05, 0) is 19.9 Å². The van der Waals surface area contributed by atoms with Crippen LogP contribution in [0.5, 0.6) is 5.75 Å². The van der Waals surface area contributed by atoms with E-state index in [1.165, 1.54) is 12.3 Å². The van der Waals surface area contributed by atoms with Crippen molar-refractivity contribution in [1.29, 1.82) is 0 Å². The van der Waals surface area contributed by atoms with Gasteiger partial charge in [0.25, 0.3) is 0 Å². The number of aromatic hydroxyl groups is 1. The largest absolute Gasteiger partial charge is 0.503 e. The topological polar surface area (TPSA) is 74.9 Å². The molecule has 6 nitrogen and oxygen atoms in total. The van der Waals surface area contributed by atoms with E-state index in [0.29, 0.717) is 19.6 Å². The molecule has 112 valence electrons. The second-order valence-electron chi connectivity index (χ2n) is 5.26. The fourth-order valence-corrected chi connectivity index (χ4v) is 2.44. The zero-order chi connectivity index (χ0) is 14.5. The van der Waals surface area contributed by atoms with Gasteiger partial charge in [0.15, 0.2) is 5.75 Å². The first-order chi connectivity index (χ1) is 9.60. The molecule has 2 rings (SSSR count). The molecular weight excluding hydrogens is 260 g/mol. The van der Waals surface area contributed by atoms with E-state index in [1.807, 2.05) is 16.5 Å². The maximum atomic E-state index is 11.6. The van der Waals surface area contributed by atoms with Gasteiger partial charge in [-0.15, -0.1) is 0 Å². The molecule has 20 heavy (non-hydrogen) atoms. The Hall–Kier alpha value is -1.37. The van der Waals surface area contributed by atoms with E-state index in [0.717, 1.165) is 25.1 Å². The molecule has 0 spiro atoms. The molecule has 0 saturated carbocycles. The highest BCUT2D eigenvalue weighted by molar-refractivity contribution is 5.20. The normalized spacial score (nSPS) is 18.9. The summed E-state index contributed by atoms with van der Waals surface area (Å²) >= 11 is 0. The number of ether oxygens (including phenoxy) is 1. The number of nitrogens with zero attached hydrogens (tertiary/aromatic N) is 2. The maximum Gasteiger partial charge on any atom is 0.223 e. The first-order valence-electron chi connectivity index (χ1n) is 6.93. The Labute approximate surface area is 118 Å². The Morgan fingerprint density at radius 3 is 3.00 bits per heavy atom. The number of hydrogen-bond acceptors (Lipinski definition) is 5. The SMILES string of the molecule is CN(CCO)Cc1cc(=O)c(O)cn1CC1CCCO1. The lowest BCUT2D eigenvalue weighted by Gasteiger charge is -2.21. The number of hydrogen-bond donors (Lipinski definition) is 2. The Kier molecular flexibility index (Phi) is 5.17. The predicted molar refractivity (Wildman–Crippen MR) is 74.8 cm³/mol. The minimum atomic E-state index is -0.374. The molecule has 1 aliphatic rings. The highest BCUT2D eigenvalue weighted by atomic mass is 16.5. The average molecular weight is 282 g/mol. The van der Waals surface area contributed by atoms with Gasteiger partial charge >= 0.3 is 0 Å². The molecule has 0 radical (unpaired) electrons. The van der Waals surface area contributed by atoms with Gasteiger partial charge < -0.3 is 19.5 Å². The van der Waals surface area contributed by atoms with E-state index in [-0.39, 0.29) is 23.9 Å². The summed E-state index contributed by atoms with van der Waals surface area (Å²) in [6.45, 7) is 2.56. The van der Waals surface area contributed by atoms with Crippen LogP contribution >= 0.6 is 0 Å². The van der Waals surface area contributed by atoms with Crippen LogP contribution in [0, 0.1) is 0 Å². The molecule has 0 bridgehead atoms. The van der Waals surface area contributed by atoms with E-state index in [9.17, 15) is 9.90 Å². The molecule has 1 aromatic heterocycles. The summed E-state index contributed by atoms with van der Waals surface area (Å²) in [5.41, 5.74) is 0.445. The second kappa shape index (κ2) is 6.88. The van der Waals surface area contributed by atoms with E-state index in [2.05, 4.69) is 0 Å². The van der Waals surface area contributed by atoms with Crippen molar-refractivity contribution in [3.8, 4) is 5.75 Å². The highest BCUT2D eigenvalue weighted by Gasteiger charge is 2.18. The zero-order valence-electron chi connectivity index (χ0n) is 11.8. The molecule has 0 amide bonds. The van der Waals surface area contributed by atoms with E-state index >= 15 is 0 Å². The minimum Gasteiger partial charge on any atom is -0.503 e. The lowest BCUT2D eigenvalue weighted by Crippen LogP contribution is -2.27. The van der Waals surface area contributed by atoms with Gasteiger partial charge in [-0.2, -0.15) is 0 Å². The number of likely N-dealkylation sites (N-methyl/N-ethyl adjacent to an activating group) is 1. The van der Waals surface area contributed by atoms with Gasteiger partial charge in [0.1, 0.15) is 0 Å². The summed E-state index contributed by atoms with van der Waals surface area (Å²) in [5, 5.41) is 18.6. The molecule has 1 fully saturated rings. The Morgan fingerprint density at radius 1 is 1.55 bits per heavy atom. The van der Waals surface area contributed by atoms with Crippen LogP contribution in [0.4, 0.5) is 0 Å². The van der Waals surface area contributed by atoms with Crippen molar-refractivity contribution in [2.24, 2.45) is 0 Å². The summed E-state index contributed by atoms with van der Waals surface area (Å²) in [6, 6.07) is 1.46. The highest BCUT2D eigenvalue weighted by Crippen LogP contribution is 2.16. The van der Waals surface area contributed by atoms with Gasteiger partial charge in [-0.1, -0.05) is 0 Å². The summed E-state index contributed by atoms with van der Waals surface area (Å²) in [4.78, 5) is 13.5. The quantitative estimate of drug-likeness (QED) is 0.777. The van der Waals surface area contributed by atoms with Crippen molar-refractivity contribution >= 4 is 0 Å². The summed E-state index contributed by atoms with van der Waals surface area (Å²) in [6.07, 6.45) is 3.67. The van der Waals surface area contributed by atoms with Crippen LogP contribution in [0.15, 0.2) is 17.1 Å². The number of aliphatic hydroxyl groups is 1. The number of rotatable bonds is 6. The Morgan fingerprint density at radius 2 is 2.35 bits per heavy atom. The fraction of sp³-hybridized carbons (Fsp3) is 0.643. The molecular formula is C14H22N2O4. The van der Waals surface area contributed by atoms with Crippen molar-refractivity contribution in [1.82, 2.24) is 9.47 Å². The molecule has 6 heteroatoms. The summed E-state index contributed by atoms with van der Waals surface area (Å²) in [5.74, 6) is -0.239. The van der Waals surface area contributed by atoms with Crippen LogP contribution in [-0.2, 0) is 17.8 Å². The van der Waals surface area contributed by atoms with Crippen LogP contribution in [-0.4, -0.2) is 52.6 Å². The molecule has 1 atom stereocenters. The van der Waals surface area contributed by atoms with E-state index < -0.39 is 0 Å². The summed E-state index contributed by atoms with van der Waals surface area (Å²) in [7, 11) is 1.88. The third-order valence-corrected chi connectivity index (χ3v) is 3.54. The molecule has 1 aromatic rings. The van der Waals surface area contributed by atoms with Crippen LogP contribution in [0.25, 0.3) is 0 Å². The molecule has 0 aromatic carbocycles. The molecule has 1 saturated heterocycles. The first-order valence-corrected chi connectivity index (χ1v) is 6.93. The molecule has 1 unspecified atom stereocenters. The number of aliphatic hydroxyl groups excluding tert-OH is 1. The summed E-state index contributed by atoms with van der Waals surface area (Å²) < 4.78 is 7.48. The van der Waals surface area contributed by atoms with Gasteiger partial charge in [-0.3, -0.25) is 9.69 Å². The molecule has 1 aliphatic heterocycles. The van der Waals surface area contributed by atoms with Crippen molar-refractivity contribution in [3.05, 3.63) is 28.2 Å². The third-order valence-electron chi connectivity index (χ3n) is 3.54. The lowest BCUT2D eigenvalue weighted by atomic mass is 10.2. The molecule has 0 aliphatic carbocycles. The van der Waals surface area contributed by atoms with E-state index in [1.54, 1.807) is 0 Å². The first kappa shape index (κ1) is 15.0. The van der Waals surface area contributed by atoms with Gasteiger partial charge in [0, 0.05) is 38.0 Å². The van der Waals surface area contributed by atoms with Crippen molar-refractivity contribution in [2.45, 2.75) is 32.0 Å². The minimum absolute atomic E-state index is 0.0740. The van der Waals surface area contributed by atoms with Crippen LogP contribution in [0.1, 0.15) is 18.5 Å². The van der Waals surface area contributed by atoms with Crippen molar-refractivity contribution < 1.29 is 14.9 Å². The molecule has 2 heterocycles. The Bertz CT molecular complexity index is 494. The fourth-order valence-electron chi connectivity index (χ4n) is 2.44.